The van der Waals surface area contributed by atoms with Crippen molar-refractivity contribution in [2.24, 2.45) is 5.92 Å². The molecule has 2 atom stereocenters. The van der Waals surface area contributed by atoms with Crippen LogP contribution in [0.2, 0.25) is 0 Å². The lowest BCUT2D eigenvalue weighted by atomic mass is 9.97. The van der Waals surface area contributed by atoms with E-state index in [-0.39, 0.29) is 49.1 Å². The molecule has 0 aromatic heterocycles. The number of rotatable bonds is 2. The van der Waals surface area contributed by atoms with E-state index in [0.717, 1.165) is 5.56 Å². The zero-order valence-electron chi connectivity index (χ0n) is 24.4. The summed E-state index contributed by atoms with van der Waals surface area (Å²) < 4.78 is 32.3. The van der Waals surface area contributed by atoms with Gasteiger partial charge in [-0.2, -0.15) is 0 Å². The van der Waals surface area contributed by atoms with Crippen LogP contribution in [0.1, 0.15) is 35.2 Å². The Morgan fingerprint density at radius 2 is 1.84 bits per heavy atom. The maximum Gasteiger partial charge on any atom is 0.258 e. The summed E-state index contributed by atoms with van der Waals surface area (Å²) >= 11 is 0. The fourth-order valence-electron chi connectivity index (χ4n) is 5.93. The van der Waals surface area contributed by atoms with Crippen molar-refractivity contribution in [3.8, 4) is 28.4 Å². The van der Waals surface area contributed by atoms with Crippen LogP contribution in [0.15, 0.2) is 72.8 Å². The molecule has 228 valence electrons. The van der Waals surface area contributed by atoms with E-state index in [1.807, 2.05) is 18.2 Å². The van der Waals surface area contributed by atoms with Crippen LogP contribution in [0.25, 0.3) is 11.1 Å². The summed E-state index contributed by atoms with van der Waals surface area (Å²) in [5.74, 6) is 0.0137. The quantitative estimate of drug-likeness (QED) is 0.427. The molecule has 3 aromatic carbocycles. The summed E-state index contributed by atoms with van der Waals surface area (Å²) in [4.78, 5) is 41.4. The topological polar surface area (TPSA) is 106 Å². The lowest BCUT2D eigenvalue weighted by molar-refractivity contribution is -0.137. The number of nitrogens with zero attached hydrogens (tertiary/aromatic N) is 1. The largest absolute Gasteiger partial charge is 0.496 e. The Balaban J connectivity index is 1.35. The number of hydrogen-bond donors (Lipinski definition) is 2. The predicted octanol–water partition coefficient (Wildman–Crippen LogP) is 4.25. The van der Waals surface area contributed by atoms with E-state index in [2.05, 4.69) is 10.6 Å². The van der Waals surface area contributed by atoms with Crippen LogP contribution in [0.5, 0.6) is 17.2 Å². The molecule has 0 spiro atoms. The molecule has 3 aliphatic rings. The molecule has 3 aromatic rings. The fraction of sp³-hybridized carbons (Fsp3) is 0.324. The number of nitrogens with one attached hydrogen (secondary N) is 2. The number of halogens is 1. The maximum absolute atomic E-state index is 14.7. The molecular weight excluding hydrogens is 565 g/mol. The number of amides is 3. The van der Waals surface area contributed by atoms with E-state index in [0.29, 0.717) is 54.0 Å². The molecule has 1 fully saturated rings. The predicted molar refractivity (Wildman–Crippen MR) is 161 cm³/mol. The van der Waals surface area contributed by atoms with Gasteiger partial charge in [0.25, 0.3) is 11.8 Å². The van der Waals surface area contributed by atoms with Gasteiger partial charge in [0.15, 0.2) is 6.61 Å². The molecule has 44 heavy (non-hydrogen) atoms. The van der Waals surface area contributed by atoms with Crippen LogP contribution >= 0.6 is 0 Å². The summed E-state index contributed by atoms with van der Waals surface area (Å²) in [6.07, 6.45) is 5.36. The molecule has 0 saturated carbocycles. The van der Waals surface area contributed by atoms with Crippen molar-refractivity contribution in [3.63, 3.8) is 0 Å². The molecule has 1 saturated heterocycles. The molecule has 2 heterocycles. The number of methoxy groups -OCH3 is 1. The van der Waals surface area contributed by atoms with Gasteiger partial charge >= 0.3 is 0 Å². The van der Waals surface area contributed by atoms with Gasteiger partial charge in [0.2, 0.25) is 5.91 Å². The average molecular weight is 600 g/mol. The monoisotopic (exact) mass is 599 g/mol. The number of allylic oxidation sites excluding steroid dienone is 2. The summed E-state index contributed by atoms with van der Waals surface area (Å²) in [6.45, 7) is 0.541. The van der Waals surface area contributed by atoms with Gasteiger partial charge in [-0.25, -0.2) is 4.39 Å². The zero-order valence-corrected chi connectivity index (χ0v) is 24.4. The summed E-state index contributed by atoms with van der Waals surface area (Å²) in [5.41, 5.74) is 2.30. The molecule has 6 rings (SSSR count). The number of ether oxygens (including phenoxy) is 3. The lowest BCUT2D eigenvalue weighted by Crippen LogP contribution is -2.58. The Labute approximate surface area is 255 Å². The van der Waals surface area contributed by atoms with Gasteiger partial charge in [-0.15, -0.1) is 0 Å². The van der Waals surface area contributed by atoms with Crippen molar-refractivity contribution in [1.29, 1.82) is 0 Å². The van der Waals surface area contributed by atoms with E-state index in [4.69, 9.17) is 14.2 Å². The Morgan fingerprint density at radius 1 is 1.00 bits per heavy atom. The van der Waals surface area contributed by atoms with E-state index >= 15 is 0 Å². The Hall–Kier alpha value is -4.86. The highest BCUT2D eigenvalue weighted by atomic mass is 19.1. The van der Waals surface area contributed by atoms with Crippen molar-refractivity contribution in [3.05, 3.63) is 89.8 Å². The molecule has 9 nitrogen and oxygen atoms in total. The molecule has 3 amide bonds. The van der Waals surface area contributed by atoms with Crippen LogP contribution in [0.4, 0.5) is 4.39 Å². The summed E-state index contributed by atoms with van der Waals surface area (Å²) in [6, 6.07) is 16.0. The SMILES string of the molecule is COc1ccc2cc1-c1cccc(c1)OCC(=O)NCc1cc(F)cc(c1)O[C@@H]1CCN(C(=O)C3CC=CC3)C[C@H]1NC2=O. The van der Waals surface area contributed by atoms with E-state index in [1.165, 1.54) is 12.1 Å². The minimum atomic E-state index is -0.564. The molecular formula is C34H34FN3O6. The number of hydrogen-bond acceptors (Lipinski definition) is 6. The maximum atomic E-state index is 14.7. The number of piperidine rings is 1. The zero-order chi connectivity index (χ0) is 30.6. The highest BCUT2D eigenvalue weighted by Crippen LogP contribution is 2.33. The second-order valence-corrected chi connectivity index (χ2v) is 11.3. The molecule has 2 N–H and O–H groups in total. The molecule has 1 aliphatic carbocycles. The first-order valence-corrected chi connectivity index (χ1v) is 14.7. The van der Waals surface area contributed by atoms with Crippen molar-refractivity contribution in [1.82, 2.24) is 15.5 Å². The minimum Gasteiger partial charge on any atom is -0.496 e. The first kappa shape index (κ1) is 29.2. The molecule has 6 bridgehead atoms. The number of carbonyl (C=O) groups is 3. The average Bonchev–Trinajstić information content (AvgIpc) is 3.58. The number of benzene rings is 3. The first-order valence-electron chi connectivity index (χ1n) is 14.7. The normalized spacial score (nSPS) is 20.5. The third kappa shape index (κ3) is 6.54. The second-order valence-electron chi connectivity index (χ2n) is 11.3. The van der Waals surface area contributed by atoms with Gasteiger partial charge in [-0.3, -0.25) is 14.4 Å². The van der Waals surface area contributed by atoms with Crippen LogP contribution in [0, 0.1) is 11.7 Å². The van der Waals surface area contributed by atoms with Gasteiger partial charge < -0.3 is 29.7 Å². The van der Waals surface area contributed by atoms with Crippen molar-refractivity contribution >= 4 is 17.7 Å². The Bertz CT molecular complexity index is 1600. The summed E-state index contributed by atoms with van der Waals surface area (Å²) in [5, 5.41) is 5.86. The van der Waals surface area contributed by atoms with Gasteiger partial charge in [-0.05, 0) is 66.4 Å². The summed E-state index contributed by atoms with van der Waals surface area (Å²) in [7, 11) is 1.55. The molecule has 0 radical (unpaired) electrons. The fourth-order valence-corrected chi connectivity index (χ4v) is 5.93. The highest BCUT2D eigenvalue weighted by molar-refractivity contribution is 5.96. The third-order valence-corrected chi connectivity index (χ3v) is 8.22. The second kappa shape index (κ2) is 12.8. The van der Waals surface area contributed by atoms with Gasteiger partial charge in [0.1, 0.15) is 29.2 Å². The van der Waals surface area contributed by atoms with E-state index in [9.17, 15) is 18.8 Å². The lowest BCUT2D eigenvalue weighted by Gasteiger charge is -2.39. The Kier molecular flexibility index (Phi) is 8.49. The van der Waals surface area contributed by atoms with Crippen molar-refractivity contribution < 1.29 is 33.0 Å². The first-order chi connectivity index (χ1) is 21.4. The Morgan fingerprint density at radius 3 is 2.66 bits per heavy atom. The van der Waals surface area contributed by atoms with Crippen LogP contribution in [0.3, 0.4) is 0 Å². The van der Waals surface area contributed by atoms with Crippen LogP contribution in [-0.2, 0) is 16.1 Å². The molecule has 0 unspecified atom stereocenters. The van der Waals surface area contributed by atoms with Crippen molar-refractivity contribution in [2.75, 3.05) is 26.8 Å². The number of carbonyl (C=O) groups excluding carboxylic acids is 3. The highest BCUT2D eigenvalue weighted by Gasteiger charge is 2.36. The van der Waals surface area contributed by atoms with Gasteiger partial charge in [0.05, 0.1) is 13.2 Å². The van der Waals surface area contributed by atoms with Crippen molar-refractivity contribution in [2.45, 2.75) is 38.0 Å². The van der Waals surface area contributed by atoms with Gasteiger partial charge in [-0.1, -0.05) is 24.3 Å². The van der Waals surface area contributed by atoms with Crippen LogP contribution < -0.4 is 24.8 Å². The molecule has 10 heteroatoms. The standard InChI is InChI=1S/C34H34FN3O6/c1-42-30-10-9-24-16-28(30)23-7-4-8-26(15-23)43-20-32(39)36-18-21-13-25(35)17-27(14-21)44-31-11-12-38(19-29(31)37-33(24)40)34(41)22-5-2-3-6-22/h2-4,7-10,13-17,22,29,31H,5-6,11-12,18-20H2,1H3,(H,36,39)(H,37,40)/t29-,31-/m1/s1. The number of likely N-dealkylation sites (tertiary alicyclic amines) is 1. The van der Waals surface area contributed by atoms with Crippen LogP contribution in [-0.4, -0.2) is 61.6 Å². The van der Waals surface area contributed by atoms with E-state index < -0.39 is 18.0 Å². The minimum absolute atomic E-state index is 0.0517. The molecule has 2 aliphatic heterocycles. The third-order valence-electron chi connectivity index (χ3n) is 8.22. The van der Waals surface area contributed by atoms with E-state index in [1.54, 1.807) is 54.5 Å². The number of fused-ring (bicyclic) bond motifs is 8. The smallest absolute Gasteiger partial charge is 0.258 e. The van der Waals surface area contributed by atoms with Gasteiger partial charge in [0, 0.05) is 49.2 Å².